The zero-order valence-electron chi connectivity index (χ0n) is 8.67. The topological polar surface area (TPSA) is 41.3 Å². The number of nitrogens with zero attached hydrogens (tertiary/aromatic N) is 1. The highest BCUT2D eigenvalue weighted by Crippen LogP contribution is 2.23. The number of nitrogen functional groups attached to an aromatic ring is 1. The van der Waals surface area contributed by atoms with Crippen molar-refractivity contribution in [2.45, 2.75) is 19.3 Å². The predicted octanol–water partition coefficient (Wildman–Crippen LogP) is 2.74. The molecule has 0 aromatic heterocycles. The van der Waals surface area contributed by atoms with Crippen molar-refractivity contribution in [1.82, 2.24) is 5.01 Å². The third-order valence-electron chi connectivity index (χ3n) is 2.65. The fourth-order valence-electron chi connectivity index (χ4n) is 1.81. The first kappa shape index (κ1) is 10.6. The summed E-state index contributed by atoms with van der Waals surface area (Å²) in [7, 11) is 0. The Morgan fingerprint density at radius 1 is 1.20 bits per heavy atom. The minimum atomic E-state index is 0.677. The molecule has 3 nitrogen and oxygen atoms in total. The van der Waals surface area contributed by atoms with E-state index < -0.39 is 0 Å². The predicted molar refractivity (Wildman–Crippen MR) is 64.9 cm³/mol. The molecule has 0 unspecified atom stereocenters. The molecule has 0 saturated carbocycles. The van der Waals surface area contributed by atoms with E-state index in [2.05, 4.69) is 10.4 Å². The summed E-state index contributed by atoms with van der Waals surface area (Å²) in [6.45, 7) is 2.17. The summed E-state index contributed by atoms with van der Waals surface area (Å²) in [4.78, 5) is 0. The molecule has 2 rings (SSSR count). The van der Waals surface area contributed by atoms with Gasteiger partial charge in [0, 0.05) is 18.1 Å². The first-order chi connectivity index (χ1) is 7.25. The van der Waals surface area contributed by atoms with Gasteiger partial charge in [0.25, 0.3) is 0 Å². The van der Waals surface area contributed by atoms with E-state index in [0.29, 0.717) is 10.7 Å². The van der Waals surface area contributed by atoms with Crippen LogP contribution >= 0.6 is 11.6 Å². The van der Waals surface area contributed by atoms with Gasteiger partial charge in [0.15, 0.2) is 0 Å². The summed E-state index contributed by atoms with van der Waals surface area (Å²) in [5, 5.41) is 2.89. The number of hydrogen-bond acceptors (Lipinski definition) is 3. The second-order valence-electron chi connectivity index (χ2n) is 3.89. The molecule has 4 heteroatoms. The Bertz CT molecular complexity index is 335. The van der Waals surface area contributed by atoms with Crippen LogP contribution in [0.25, 0.3) is 0 Å². The van der Waals surface area contributed by atoms with Gasteiger partial charge in [-0.25, -0.2) is 5.01 Å². The summed E-state index contributed by atoms with van der Waals surface area (Å²) in [5.41, 5.74) is 10.8. The van der Waals surface area contributed by atoms with Crippen LogP contribution in [0, 0.1) is 0 Å². The van der Waals surface area contributed by atoms with Gasteiger partial charge in [-0.15, -0.1) is 0 Å². The molecule has 1 heterocycles. The fraction of sp³-hybridized carbons (Fsp3) is 0.455. The maximum absolute atomic E-state index is 5.86. The Morgan fingerprint density at radius 2 is 1.93 bits per heavy atom. The zero-order chi connectivity index (χ0) is 10.7. The molecule has 0 amide bonds. The Morgan fingerprint density at radius 3 is 2.60 bits per heavy atom. The number of anilines is 2. The highest BCUT2D eigenvalue weighted by atomic mass is 35.5. The SMILES string of the molecule is Nc1cc(Cl)ccc1NN1CCCCC1. The van der Waals surface area contributed by atoms with Crippen LogP contribution in [0.1, 0.15) is 19.3 Å². The number of rotatable bonds is 2. The van der Waals surface area contributed by atoms with Gasteiger partial charge in [-0.05, 0) is 31.0 Å². The van der Waals surface area contributed by atoms with Crippen molar-refractivity contribution in [1.29, 1.82) is 0 Å². The van der Waals surface area contributed by atoms with Crippen molar-refractivity contribution in [2.24, 2.45) is 0 Å². The third-order valence-corrected chi connectivity index (χ3v) is 2.88. The molecule has 1 aromatic carbocycles. The van der Waals surface area contributed by atoms with Crippen LogP contribution in [-0.2, 0) is 0 Å². The van der Waals surface area contributed by atoms with E-state index in [1.54, 1.807) is 6.07 Å². The van der Waals surface area contributed by atoms with E-state index in [4.69, 9.17) is 17.3 Å². The van der Waals surface area contributed by atoms with Crippen LogP contribution in [0.5, 0.6) is 0 Å². The molecule has 1 fully saturated rings. The lowest BCUT2D eigenvalue weighted by Gasteiger charge is -2.28. The normalized spacial score (nSPS) is 17.7. The molecule has 15 heavy (non-hydrogen) atoms. The van der Waals surface area contributed by atoms with Crippen molar-refractivity contribution in [3.8, 4) is 0 Å². The van der Waals surface area contributed by atoms with Gasteiger partial charge in [-0.3, -0.25) is 0 Å². The summed E-state index contributed by atoms with van der Waals surface area (Å²) in [6.07, 6.45) is 3.83. The van der Waals surface area contributed by atoms with E-state index in [-0.39, 0.29) is 0 Å². The van der Waals surface area contributed by atoms with Crippen molar-refractivity contribution < 1.29 is 0 Å². The summed E-state index contributed by atoms with van der Waals surface area (Å²) >= 11 is 5.84. The van der Waals surface area contributed by atoms with E-state index in [1.807, 2.05) is 12.1 Å². The third kappa shape index (κ3) is 2.76. The Hall–Kier alpha value is -0.930. The maximum Gasteiger partial charge on any atom is 0.0721 e. The van der Waals surface area contributed by atoms with Crippen LogP contribution in [0.15, 0.2) is 18.2 Å². The lowest BCUT2D eigenvalue weighted by Crippen LogP contribution is -2.35. The zero-order valence-corrected chi connectivity index (χ0v) is 9.43. The number of benzene rings is 1. The fourth-order valence-corrected chi connectivity index (χ4v) is 1.99. The molecule has 0 bridgehead atoms. The van der Waals surface area contributed by atoms with E-state index in [0.717, 1.165) is 18.8 Å². The van der Waals surface area contributed by atoms with Crippen molar-refractivity contribution in [3.05, 3.63) is 23.2 Å². The number of nitrogens with one attached hydrogen (secondary N) is 1. The van der Waals surface area contributed by atoms with Crippen LogP contribution in [0.3, 0.4) is 0 Å². The molecule has 0 spiro atoms. The average Bonchev–Trinajstić information content (AvgIpc) is 2.24. The van der Waals surface area contributed by atoms with Gasteiger partial charge in [0.1, 0.15) is 0 Å². The van der Waals surface area contributed by atoms with Crippen molar-refractivity contribution in [3.63, 3.8) is 0 Å². The summed E-state index contributed by atoms with van der Waals surface area (Å²) < 4.78 is 0. The lowest BCUT2D eigenvalue weighted by atomic mass is 10.2. The van der Waals surface area contributed by atoms with Crippen LogP contribution in [-0.4, -0.2) is 18.1 Å². The van der Waals surface area contributed by atoms with Gasteiger partial charge < -0.3 is 11.2 Å². The molecule has 0 radical (unpaired) electrons. The first-order valence-corrected chi connectivity index (χ1v) is 5.70. The maximum atomic E-state index is 5.86. The van der Waals surface area contributed by atoms with E-state index in [9.17, 15) is 0 Å². The largest absolute Gasteiger partial charge is 0.397 e. The minimum Gasteiger partial charge on any atom is -0.397 e. The molecular weight excluding hydrogens is 210 g/mol. The molecular formula is C11H16ClN3. The number of nitrogens with two attached hydrogens (primary N) is 1. The molecule has 82 valence electrons. The van der Waals surface area contributed by atoms with Crippen LogP contribution in [0.4, 0.5) is 11.4 Å². The van der Waals surface area contributed by atoms with Gasteiger partial charge in [-0.1, -0.05) is 18.0 Å². The second kappa shape index (κ2) is 4.73. The van der Waals surface area contributed by atoms with Gasteiger partial charge >= 0.3 is 0 Å². The van der Waals surface area contributed by atoms with Crippen molar-refractivity contribution in [2.75, 3.05) is 24.2 Å². The Labute approximate surface area is 95.2 Å². The molecule has 1 aliphatic heterocycles. The molecule has 1 saturated heterocycles. The molecule has 0 aliphatic carbocycles. The van der Waals surface area contributed by atoms with Crippen molar-refractivity contribution >= 4 is 23.0 Å². The van der Waals surface area contributed by atoms with Crippen LogP contribution in [0.2, 0.25) is 5.02 Å². The lowest BCUT2D eigenvalue weighted by molar-refractivity contribution is 0.273. The molecule has 1 aromatic rings. The van der Waals surface area contributed by atoms with Gasteiger partial charge in [0.2, 0.25) is 0 Å². The smallest absolute Gasteiger partial charge is 0.0721 e. The standard InChI is InChI=1S/C11H16ClN3/c12-9-4-5-11(10(13)8-9)14-15-6-2-1-3-7-15/h4-5,8,14H,1-3,6-7,13H2. The number of hydrazine groups is 1. The number of hydrogen-bond donors (Lipinski definition) is 2. The van der Waals surface area contributed by atoms with Gasteiger partial charge in [0.05, 0.1) is 11.4 Å². The minimum absolute atomic E-state index is 0.677. The Balaban J connectivity index is 2.03. The van der Waals surface area contributed by atoms with E-state index >= 15 is 0 Å². The monoisotopic (exact) mass is 225 g/mol. The number of piperidine rings is 1. The summed E-state index contributed by atoms with van der Waals surface area (Å²) in [5.74, 6) is 0. The number of halogens is 1. The second-order valence-corrected chi connectivity index (χ2v) is 4.33. The quantitative estimate of drug-likeness (QED) is 0.761. The molecule has 1 aliphatic rings. The molecule has 0 atom stereocenters. The Kier molecular flexibility index (Phi) is 3.34. The molecule has 3 N–H and O–H groups in total. The average molecular weight is 226 g/mol. The van der Waals surface area contributed by atoms with Crippen LogP contribution < -0.4 is 11.2 Å². The first-order valence-electron chi connectivity index (χ1n) is 5.32. The van der Waals surface area contributed by atoms with Gasteiger partial charge in [-0.2, -0.15) is 0 Å². The highest BCUT2D eigenvalue weighted by molar-refractivity contribution is 6.31. The highest BCUT2D eigenvalue weighted by Gasteiger charge is 2.10. The summed E-state index contributed by atoms with van der Waals surface area (Å²) in [6, 6.07) is 5.55. The van der Waals surface area contributed by atoms with E-state index in [1.165, 1.54) is 19.3 Å².